The Labute approximate surface area is 380 Å². The number of amides is 4. The highest BCUT2D eigenvalue weighted by Gasteiger charge is 2.51. The lowest BCUT2D eigenvalue weighted by Gasteiger charge is -2.44. The van der Waals surface area contributed by atoms with E-state index in [0.29, 0.717) is 63.8 Å². The van der Waals surface area contributed by atoms with E-state index in [1.54, 1.807) is 18.7 Å². The zero-order chi connectivity index (χ0) is 45.9. The van der Waals surface area contributed by atoms with Gasteiger partial charge in [-0.25, -0.2) is 0 Å². The van der Waals surface area contributed by atoms with Gasteiger partial charge in [-0.1, -0.05) is 144 Å². The fourth-order valence-corrected chi connectivity index (χ4v) is 13.6. The van der Waals surface area contributed by atoms with Gasteiger partial charge in [0.05, 0.1) is 0 Å². The fourth-order valence-electron chi connectivity index (χ4n) is 8.97. The summed E-state index contributed by atoms with van der Waals surface area (Å²) < 4.78 is 13.0. The van der Waals surface area contributed by atoms with Gasteiger partial charge in [-0.05, 0) is 84.6 Å². The molecule has 0 bridgehead atoms. The van der Waals surface area contributed by atoms with Crippen LogP contribution >= 0.6 is 0 Å². The lowest BCUT2D eigenvalue weighted by molar-refractivity contribution is -0.144. The molecule has 12 heteroatoms. The van der Waals surface area contributed by atoms with Crippen molar-refractivity contribution >= 4 is 48.1 Å². The van der Waals surface area contributed by atoms with Gasteiger partial charge in [-0.2, -0.15) is 0 Å². The van der Waals surface area contributed by atoms with E-state index in [2.05, 4.69) is 61.0 Å². The van der Waals surface area contributed by atoms with Crippen LogP contribution in [0.3, 0.4) is 0 Å². The summed E-state index contributed by atoms with van der Waals surface area (Å²) in [5, 5.41) is 10.8. The van der Waals surface area contributed by atoms with Crippen molar-refractivity contribution in [2.45, 2.75) is 141 Å². The van der Waals surface area contributed by atoms with Crippen molar-refractivity contribution in [2.75, 3.05) is 6.54 Å². The van der Waals surface area contributed by atoms with Crippen LogP contribution in [0.1, 0.15) is 104 Å². The quantitative estimate of drug-likeness (QED) is 0.0807. The summed E-state index contributed by atoms with van der Waals surface area (Å²) in [5.41, 5.74) is 0.496. The smallest absolute Gasteiger partial charge is 0.262 e. The zero-order valence-corrected chi connectivity index (χ0v) is 39.4. The summed E-state index contributed by atoms with van der Waals surface area (Å²) in [6, 6.07) is 35.1. The van der Waals surface area contributed by atoms with Crippen molar-refractivity contribution < 1.29 is 33.1 Å². The van der Waals surface area contributed by atoms with E-state index >= 15 is 0 Å². The third-order valence-electron chi connectivity index (χ3n) is 12.9. The number of carbonyl (C=O) groups is 5. The normalized spacial score (nSPS) is 21.4. The molecule has 4 aromatic carbocycles. The van der Waals surface area contributed by atoms with Crippen molar-refractivity contribution in [3.8, 4) is 5.75 Å². The van der Waals surface area contributed by atoms with Gasteiger partial charge in [0.1, 0.15) is 42.1 Å². The van der Waals surface area contributed by atoms with Gasteiger partial charge in [0.25, 0.3) is 8.32 Å². The Bertz CT molecular complexity index is 2160. The summed E-state index contributed by atoms with van der Waals surface area (Å²) in [4.78, 5) is 71.7. The molecule has 64 heavy (non-hydrogen) atoms. The third-order valence-corrected chi connectivity index (χ3v) is 18.0. The number of carbonyl (C=O) groups excluding carboxylic acids is 5. The third kappa shape index (κ3) is 11.4. The van der Waals surface area contributed by atoms with Gasteiger partial charge in [0.2, 0.25) is 23.6 Å². The first-order chi connectivity index (χ1) is 30.6. The van der Waals surface area contributed by atoms with E-state index in [1.165, 1.54) is 0 Å². The van der Waals surface area contributed by atoms with Crippen molar-refractivity contribution in [2.24, 2.45) is 0 Å². The van der Waals surface area contributed by atoms with Crippen LogP contribution in [0, 0.1) is 0 Å². The SMILES string of the molecule is CC[C@]1(C)NC(=O)[C@H](CCCCCC(=O)[C@@H](C)O[Si](c2ccccc2)(c2ccccc2)C(C)(C)C)NC(=O)[C@H]2CCCN2C(=O)[C@H](Cc2ccc(OCc3ccccc3)cc2)NC1=O. The topological polar surface area (TPSA) is 143 Å². The number of ether oxygens (including phenoxy) is 1. The maximum atomic E-state index is 14.3. The second kappa shape index (κ2) is 21.4. The second-order valence-electron chi connectivity index (χ2n) is 18.6. The molecule has 0 saturated carbocycles. The van der Waals surface area contributed by atoms with E-state index in [4.69, 9.17) is 9.16 Å². The number of hydrogen-bond acceptors (Lipinski definition) is 7. The monoisotopic (exact) mass is 886 g/mol. The molecule has 6 rings (SSSR count). The Balaban J connectivity index is 1.09. The number of Topliss-reactive ketones (excluding diaryl/α,β-unsaturated/α-hetero) is 1. The first-order valence-corrected chi connectivity index (χ1v) is 24.9. The molecule has 2 aliphatic heterocycles. The Kier molecular flexibility index (Phi) is 16.0. The number of unbranched alkanes of at least 4 members (excludes halogenated alkanes) is 2. The molecule has 3 N–H and O–H groups in total. The fraction of sp³-hybridized carbons (Fsp3) is 0.442. The lowest BCUT2D eigenvalue weighted by Crippen LogP contribution is -2.68. The Morgan fingerprint density at radius 2 is 1.39 bits per heavy atom. The first kappa shape index (κ1) is 47.9. The lowest BCUT2D eigenvalue weighted by atomic mass is 9.94. The van der Waals surface area contributed by atoms with Crippen LogP contribution < -0.4 is 31.1 Å². The maximum absolute atomic E-state index is 14.3. The van der Waals surface area contributed by atoms with Gasteiger partial charge in [-0.3, -0.25) is 24.0 Å². The number of benzene rings is 4. The van der Waals surface area contributed by atoms with Crippen LogP contribution in [0.4, 0.5) is 0 Å². The highest BCUT2D eigenvalue weighted by atomic mass is 28.4. The number of rotatable bonds is 17. The standard InChI is InChI=1S/C52H66N4O7Si/c1-7-52(6)50(61)54-44(35-38-30-32-40(33-31-38)62-36-39-21-12-8-13-22-39)49(60)56-34-20-28-45(56)48(59)53-43(47(58)55-52)27-18-11-19-29-46(57)37(2)63-64(51(3,4)5,41-23-14-9-15-24-41)42-25-16-10-17-26-42/h8-10,12-17,21-26,30-33,37,43-45H,7,11,18-20,27-29,34-36H2,1-6H3,(H,53,59)(H,54,61)(H,55,58)/t37-,43+,44+,45-,52+/m1/s1. The van der Waals surface area contributed by atoms with E-state index in [9.17, 15) is 24.0 Å². The minimum atomic E-state index is -2.92. The largest absolute Gasteiger partial charge is 0.489 e. The van der Waals surface area contributed by atoms with Crippen LogP contribution in [0.25, 0.3) is 0 Å². The molecular formula is C52H66N4O7Si. The molecule has 2 aliphatic rings. The van der Waals surface area contributed by atoms with Gasteiger partial charge >= 0.3 is 0 Å². The molecule has 4 amide bonds. The van der Waals surface area contributed by atoms with Gasteiger partial charge in [0.15, 0.2) is 5.78 Å². The highest BCUT2D eigenvalue weighted by Crippen LogP contribution is 2.38. The predicted molar refractivity (Wildman–Crippen MR) is 253 cm³/mol. The summed E-state index contributed by atoms with van der Waals surface area (Å²) in [6.45, 7) is 12.6. The molecule has 2 saturated heterocycles. The Morgan fingerprint density at radius 3 is 1.98 bits per heavy atom. The maximum Gasteiger partial charge on any atom is 0.262 e. The summed E-state index contributed by atoms with van der Waals surface area (Å²) in [6.07, 6.45) is 3.26. The summed E-state index contributed by atoms with van der Waals surface area (Å²) >= 11 is 0. The predicted octanol–water partition coefficient (Wildman–Crippen LogP) is 6.55. The minimum absolute atomic E-state index is 0.0175. The summed E-state index contributed by atoms with van der Waals surface area (Å²) in [7, 11) is -2.92. The van der Waals surface area contributed by atoms with E-state index in [-0.39, 0.29) is 35.5 Å². The zero-order valence-electron chi connectivity index (χ0n) is 38.4. The molecule has 340 valence electrons. The van der Waals surface area contributed by atoms with Gasteiger partial charge in [0, 0.05) is 19.4 Å². The number of ketones is 1. The molecule has 0 spiro atoms. The molecular weight excluding hydrogens is 821 g/mol. The molecule has 0 unspecified atom stereocenters. The summed E-state index contributed by atoms with van der Waals surface area (Å²) in [5.74, 6) is -0.971. The van der Waals surface area contributed by atoms with Crippen LogP contribution in [0.5, 0.6) is 5.75 Å². The highest BCUT2D eigenvalue weighted by molar-refractivity contribution is 6.99. The number of nitrogens with zero attached hydrogens (tertiary/aromatic N) is 1. The second-order valence-corrected chi connectivity index (χ2v) is 22.8. The Morgan fingerprint density at radius 1 is 0.781 bits per heavy atom. The van der Waals surface area contributed by atoms with Crippen LogP contribution in [0.2, 0.25) is 5.04 Å². The van der Waals surface area contributed by atoms with Gasteiger partial charge < -0.3 is 30.0 Å². The number of nitrogens with one attached hydrogen (secondary N) is 3. The molecule has 2 heterocycles. The van der Waals surface area contributed by atoms with E-state index in [1.807, 2.05) is 97.9 Å². The number of fused-ring (bicyclic) bond motifs is 1. The minimum Gasteiger partial charge on any atom is -0.489 e. The molecule has 0 radical (unpaired) electrons. The molecule has 2 fully saturated rings. The number of hydrogen-bond donors (Lipinski definition) is 3. The van der Waals surface area contributed by atoms with E-state index in [0.717, 1.165) is 21.5 Å². The van der Waals surface area contributed by atoms with Crippen molar-refractivity contribution in [3.05, 3.63) is 126 Å². The van der Waals surface area contributed by atoms with Crippen molar-refractivity contribution in [3.63, 3.8) is 0 Å². The van der Waals surface area contributed by atoms with Crippen LogP contribution in [-0.2, 0) is 41.4 Å². The van der Waals surface area contributed by atoms with Crippen LogP contribution in [0.15, 0.2) is 115 Å². The van der Waals surface area contributed by atoms with Crippen LogP contribution in [-0.4, -0.2) is 78.9 Å². The van der Waals surface area contributed by atoms with Crippen molar-refractivity contribution in [1.82, 2.24) is 20.9 Å². The molecule has 4 aromatic rings. The molecule has 0 aromatic heterocycles. The average molecular weight is 887 g/mol. The molecule has 0 aliphatic carbocycles. The van der Waals surface area contributed by atoms with E-state index < -0.39 is 49.9 Å². The van der Waals surface area contributed by atoms with Crippen molar-refractivity contribution in [1.29, 1.82) is 0 Å². The Hall–Kier alpha value is -5.59. The molecule has 11 nitrogen and oxygen atoms in total. The van der Waals surface area contributed by atoms with Gasteiger partial charge in [-0.15, -0.1) is 0 Å². The average Bonchev–Trinajstić information content (AvgIpc) is 3.80. The first-order valence-electron chi connectivity index (χ1n) is 23.0. The molecule has 5 atom stereocenters.